The van der Waals surface area contributed by atoms with Crippen LogP contribution in [0.5, 0.6) is 0 Å². The van der Waals surface area contributed by atoms with Crippen molar-refractivity contribution in [2.45, 2.75) is 39.3 Å². The molecular formula is C14H29N3O2. The Bertz CT molecular complexity index is 273. The number of hydrogen-bond donors (Lipinski definition) is 1. The van der Waals surface area contributed by atoms with Crippen LogP contribution in [0.15, 0.2) is 0 Å². The van der Waals surface area contributed by atoms with E-state index in [0.29, 0.717) is 12.6 Å². The Labute approximate surface area is 117 Å². The molecule has 1 rings (SSSR count). The molecule has 19 heavy (non-hydrogen) atoms. The zero-order valence-corrected chi connectivity index (χ0v) is 12.8. The number of hydrogen-bond acceptors (Lipinski definition) is 5. The minimum absolute atomic E-state index is 0.119. The summed E-state index contributed by atoms with van der Waals surface area (Å²) in [6.07, 6.45) is 0.823. The summed E-state index contributed by atoms with van der Waals surface area (Å²) in [4.78, 5) is 16.6. The van der Waals surface area contributed by atoms with Crippen molar-refractivity contribution in [1.82, 2.24) is 15.1 Å². The zero-order chi connectivity index (χ0) is 14.3. The van der Waals surface area contributed by atoms with E-state index in [2.05, 4.69) is 29.1 Å². The van der Waals surface area contributed by atoms with Crippen LogP contribution < -0.4 is 5.32 Å². The summed E-state index contributed by atoms with van der Waals surface area (Å²) in [5.41, 5.74) is 0. The summed E-state index contributed by atoms with van der Waals surface area (Å²) in [5, 5.41) is 3.22. The SMILES string of the molecule is CCNC(CCN1CCN(C)C(C)C1)C(=O)OCC. The first-order valence-corrected chi connectivity index (χ1v) is 7.41. The molecule has 0 aromatic carbocycles. The Morgan fingerprint density at radius 2 is 2.16 bits per heavy atom. The van der Waals surface area contributed by atoms with Gasteiger partial charge in [-0.15, -0.1) is 0 Å². The summed E-state index contributed by atoms with van der Waals surface area (Å²) >= 11 is 0. The monoisotopic (exact) mass is 271 g/mol. The normalized spacial score (nSPS) is 23.3. The Morgan fingerprint density at radius 1 is 1.42 bits per heavy atom. The van der Waals surface area contributed by atoms with Gasteiger partial charge in [0.2, 0.25) is 0 Å². The number of nitrogens with one attached hydrogen (secondary N) is 1. The van der Waals surface area contributed by atoms with Crippen LogP contribution in [-0.2, 0) is 9.53 Å². The lowest BCUT2D eigenvalue weighted by atomic mass is 10.1. The molecule has 2 atom stereocenters. The lowest BCUT2D eigenvalue weighted by Gasteiger charge is -2.38. The molecule has 0 bridgehead atoms. The van der Waals surface area contributed by atoms with Gasteiger partial charge in [0.1, 0.15) is 6.04 Å². The number of likely N-dealkylation sites (N-methyl/N-ethyl adjacent to an activating group) is 2. The molecule has 5 nitrogen and oxygen atoms in total. The third kappa shape index (κ3) is 5.47. The minimum atomic E-state index is -0.167. The van der Waals surface area contributed by atoms with E-state index < -0.39 is 0 Å². The number of rotatable bonds is 7. The Morgan fingerprint density at radius 3 is 2.74 bits per heavy atom. The summed E-state index contributed by atoms with van der Waals surface area (Å²) in [5.74, 6) is -0.119. The number of ether oxygens (including phenoxy) is 1. The molecule has 112 valence electrons. The average molecular weight is 271 g/mol. The summed E-state index contributed by atoms with van der Waals surface area (Å²) in [6, 6.07) is 0.425. The maximum atomic E-state index is 11.8. The number of nitrogens with zero attached hydrogens (tertiary/aromatic N) is 2. The van der Waals surface area contributed by atoms with Crippen molar-refractivity contribution in [2.75, 3.05) is 46.4 Å². The van der Waals surface area contributed by atoms with Crippen molar-refractivity contribution in [1.29, 1.82) is 0 Å². The Balaban J connectivity index is 2.37. The van der Waals surface area contributed by atoms with Gasteiger partial charge in [0.15, 0.2) is 0 Å². The fourth-order valence-electron chi connectivity index (χ4n) is 2.43. The molecule has 0 aromatic heterocycles. The molecule has 0 aromatic rings. The van der Waals surface area contributed by atoms with Gasteiger partial charge in [-0.3, -0.25) is 4.79 Å². The number of carbonyl (C=O) groups is 1. The number of piperazine rings is 1. The van der Waals surface area contributed by atoms with Crippen LogP contribution >= 0.6 is 0 Å². The highest BCUT2D eigenvalue weighted by Crippen LogP contribution is 2.08. The van der Waals surface area contributed by atoms with Crippen LogP contribution in [0.2, 0.25) is 0 Å². The molecule has 5 heteroatoms. The second kappa shape index (κ2) is 8.51. The highest BCUT2D eigenvalue weighted by atomic mass is 16.5. The molecule has 1 fully saturated rings. The van der Waals surface area contributed by atoms with E-state index in [9.17, 15) is 4.79 Å². The van der Waals surface area contributed by atoms with Crippen molar-refractivity contribution in [3.8, 4) is 0 Å². The van der Waals surface area contributed by atoms with Crippen LogP contribution in [-0.4, -0.2) is 74.2 Å². The first-order chi connectivity index (χ1) is 9.08. The third-order valence-electron chi connectivity index (χ3n) is 3.80. The molecule has 0 radical (unpaired) electrons. The Hall–Kier alpha value is -0.650. The van der Waals surface area contributed by atoms with Gasteiger partial charge in [0.25, 0.3) is 0 Å². The summed E-state index contributed by atoms with van der Waals surface area (Å²) < 4.78 is 5.11. The standard InChI is InChI=1S/C14H29N3O2/c1-5-15-13(14(18)19-6-2)7-8-17-10-9-16(4)12(3)11-17/h12-13,15H,5-11H2,1-4H3. The minimum Gasteiger partial charge on any atom is -0.465 e. The summed E-state index contributed by atoms with van der Waals surface area (Å²) in [6.45, 7) is 11.6. The Kier molecular flexibility index (Phi) is 7.34. The number of carbonyl (C=O) groups excluding carboxylic acids is 1. The van der Waals surface area contributed by atoms with Gasteiger partial charge in [0, 0.05) is 32.2 Å². The molecule has 1 saturated heterocycles. The fourth-order valence-corrected chi connectivity index (χ4v) is 2.43. The maximum Gasteiger partial charge on any atom is 0.323 e. The van der Waals surface area contributed by atoms with Crippen molar-refractivity contribution >= 4 is 5.97 Å². The smallest absolute Gasteiger partial charge is 0.323 e. The van der Waals surface area contributed by atoms with Crippen molar-refractivity contribution < 1.29 is 9.53 Å². The maximum absolute atomic E-state index is 11.8. The van der Waals surface area contributed by atoms with E-state index >= 15 is 0 Å². The third-order valence-corrected chi connectivity index (χ3v) is 3.80. The molecular weight excluding hydrogens is 242 g/mol. The van der Waals surface area contributed by atoms with Gasteiger partial charge in [-0.1, -0.05) is 6.92 Å². The first kappa shape index (κ1) is 16.4. The second-order valence-corrected chi connectivity index (χ2v) is 5.28. The molecule has 2 unspecified atom stereocenters. The van der Waals surface area contributed by atoms with Crippen LogP contribution in [0.25, 0.3) is 0 Å². The highest BCUT2D eigenvalue weighted by molar-refractivity contribution is 5.75. The molecule has 0 saturated carbocycles. The number of esters is 1. The van der Waals surface area contributed by atoms with Gasteiger partial charge in [-0.2, -0.15) is 0 Å². The first-order valence-electron chi connectivity index (χ1n) is 7.41. The lowest BCUT2D eigenvalue weighted by molar-refractivity contribution is -0.145. The van der Waals surface area contributed by atoms with Gasteiger partial charge >= 0.3 is 5.97 Å². The quantitative estimate of drug-likeness (QED) is 0.685. The molecule has 1 aliphatic heterocycles. The van der Waals surface area contributed by atoms with Crippen LogP contribution in [0.3, 0.4) is 0 Å². The van der Waals surface area contributed by atoms with Gasteiger partial charge in [-0.05, 0) is 33.9 Å². The molecule has 1 N–H and O–H groups in total. The lowest BCUT2D eigenvalue weighted by Crippen LogP contribution is -2.51. The largest absolute Gasteiger partial charge is 0.465 e. The van der Waals surface area contributed by atoms with Crippen LogP contribution in [0, 0.1) is 0 Å². The van der Waals surface area contributed by atoms with E-state index in [0.717, 1.165) is 39.1 Å². The zero-order valence-electron chi connectivity index (χ0n) is 12.8. The van der Waals surface area contributed by atoms with Gasteiger partial charge in [0.05, 0.1) is 6.61 Å². The van der Waals surface area contributed by atoms with E-state index in [4.69, 9.17) is 4.74 Å². The second-order valence-electron chi connectivity index (χ2n) is 5.28. The fraction of sp³-hybridized carbons (Fsp3) is 0.929. The molecule has 0 aliphatic carbocycles. The molecule has 1 aliphatic rings. The van der Waals surface area contributed by atoms with E-state index in [1.54, 1.807) is 0 Å². The predicted octanol–water partition coefficient (Wildman–Crippen LogP) is 0.554. The molecule has 0 spiro atoms. The summed E-state index contributed by atoms with van der Waals surface area (Å²) in [7, 11) is 2.17. The van der Waals surface area contributed by atoms with Crippen molar-refractivity contribution in [3.05, 3.63) is 0 Å². The predicted molar refractivity (Wildman–Crippen MR) is 77.2 cm³/mol. The van der Waals surface area contributed by atoms with Gasteiger partial charge in [-0.25, -0.2) is 0 Å². The van der Waals surface area contributed by atoms with E-state index in [1.165, 1.54) is 0 Å². The van der Waals surface area contributed by atoms with Gasteiger partial charge < -0.3 is 19.9 Å². The van der Waals surface area contributed by atoms with E-state index in [-0.39, 0.29) is 12.0 Å². The van der Waals surface area contributed by atoms with Crippen molar-refractivity contribution in [2.24, 2.45) is 0 Å². The molecule has 0 amide bonds. The highest BCUT2D eigenvalue weighted by Gasteiger charge is 2.23. The average Bonchev–Trinajstić information content (AvgIpc) is 2.38. The van der Waals surface area contributed by atoms with Crippen LogP contribution in [0.4, 0.5) is 0 Å². The van der Waals surface area contributed by atoms with Crippen LogP contribution in [0.1, 0.15) is 27.2 Å². The topological polar surface area (TPSA) is 44.8 Å². The van der Waals surface area contributed by atoms with Crippen molar-refractivity contribution in [3.63, 3.8) is 0 Å². The van der Waals surface area contributed by atoms with E-state index in [1.807, 2.05) is 13.8 Å². The molecule has 1 heterocycles.